The van der Waals surface area contributed by atoms with Gasteiger partial charge in [-0.1, -0.05) is 6.92 Å². The van der Waals surface area contributed by atoms with E-state index in [1.807, 2.05) is 6.92 Å². The quantitative estimate of drug-likeness (QED) is 0.242. The number of nitrogens with zero attached hydrogens (tertiary/aromatic N) is 8. The smallest absolute Gasteiger partial charge is 0.416 e. The number of hydrogen-bond donors (Lipinski definition) is 2. The highest BCUT2D eigenvalue weighted by atomic mass is 19.4. The molecule has 2 aliphatic rings. The summed E-state index contributed by atoms with van der Waals surface area (Å²) < 4.78 is 61.9. The van der Waals surface area contributed by atoms with Gasteiger partial charge >= 0.3 is 6.18 Å². The van der Waals surface area contributed by atoms with Gasteiger partial charge < -0.3 is 24.6 Å². The number of aromatic nitrogens is 7. The first-order valence-electron chi connectivity index (χ1n) is 16.2. The van der Waals surface area contributed by atoms with Gasteiger partial charge in [-0.05, 0) is 56.4 Å². The number of rotatable bonds is 6. The Morgan fingerprint density at radius 2 is 1.87 bits per heavy atom. The number of likely N-dealkylation sites (tertiary alicyclic amines) is 1. The van der Waals surface area contributed by atoms with E-state index in [2.05, 4.69) is 30.4 Å². The lowest BCUT2D eigenvalue weighted by atomic mass is 9.73. The minimum Gasteiger partial charge on any atom is -0.504 e. The third kappa shape index (κ3) is 5.86. The zero-order chi connectivity index (χ0) is 37.1. The molecule has 0 saturated carbocycles. The Morgan fingerprint density at radius 3 is 2.52 bits per heavy atom. The fourth-order valence-corrected chi connectivity index (χ4v) is 7.27. The maximum Gasteiger partial charge on any atom is 0.416 e. The summed E-state index contributed by atoms with van der Waals surface area (Å²) >= 11 is 0. The molecule has 1 unspecified atom stereocenters. The van der Waals surface area contributed by atoms with Crippen LogP contribution in [0.5, 0.6) is 11.6 Å². The van der Waals surface area contributed by atoms with E-state index >= 15 is 0 Å². The Kier molecular flexibility index (Phi) is 8.41. The monoisotopic (exact) mass is 721 g/mol. The highest BCUT2D eigenvalue weighted by Gasteiger charge is 2.49. The van der Waals surface area contributed by atoms with Crippen LogP contribution in [0.4, 0.5) is 23.2 Å². The van der Waals surface area contributed by atoms with Gasteiger partial charge in [-0.2, -0.15) is 22.7 Å². The molecule has 0 radical (unpaired) electrons. The SMILES string of the molecule is COc1ccc(-c2nc3n(CC(=O)Nc4ccc(C(F)(F)F)cc4F)c4c(c(=O)n3n2)C2(CCN(C(=O)c3ncnc(C)c3O)CC2)CC4C)cn1. The van der Waals surface area contributed by atoms with Crippen molar-refractivity contribution in [3.8, 4) is 23.0 Å². The number of alkyl halides is 3. The second-order valence-corrected chi connectivity index (χ2v) is 13.0. The summed E-state index contributed by atoms with van der Waals surface area (Å²) in [5.74, 6) is -2.64. The minimum atomic E-state index is -4.78. The van der Waals surface area contributed by atoms with Gasteiger partial charge in [0.25, 0.3) is 11.5 Å². The molecule has 14 nitrogen and oxygen atoms in total. The zero-order valence-corrected chi connectivity index (χ0v) is 28.0. The lowest BCUT2D eigenvalue weighted by molar-refractivity contribution is -0.137. The van der Waals surface area contributed by atoms with Crippen molar-refractivity contribution in [1.82, 2.24) is 39.0 Å². The number of pyridine rings is 1. The molecule has 5 heterocycles. The van der Waals surface area contributed by atoms with Crippen LogP contribution < -0.4 is 15.6 Å². The van der Waals surface area contributed by atoms with Gasteiger partial charge in [0.15, 0.2) is 17.3 Å². The minimum absolute atomic E-state index is 0.0173. The Bertz CT molecular complexity index is 2300. The molecule has 1 fully saturated rings. The van der Waals surface area contributed by atoms with Crippen molar-refractivity contribution in [2.45, 2.75) is 57.2 Å². The first kappa shape index (κ1) is 34.5. The van der Waals surface area contributed by atoms with Gasteiger partial charge in [0.1, 0.15) is 18.7 Å². The number of amides is 2. The topological polar surface area (TPSA) is 170 Å². The van der Waals surface area contributed by atoms with Crippen LogP contribution in [0, 0.1) is 12.7 Å². The fraction of sp³-hybridized carbons (Fsp3) is 0.353. The van der Waals surface area contributed by atoms with E-state index in [9.17, 15) is 37.1 Å². The lowest BCUT2D eigenvalue weighted by Crippen LogP contribution is -2.46. The van der Waals surface area contributed by atoms with E-state index in [1.165, 1.54) is 24.2 Å². The number of ether oxygens (including phenoxy) is 1. The molecule has 18 heteroatoms. The molecule has 1 atom stereocenters. The predicted molar refractivity (Wildman–Crippen MR) is 175 cm³/mol. The number of piperidine rings is 1. The molecule has 2 amide bonds. The van der Waals surface area contributed by atoms with Crippen LogP contribution in [0.25, 0.3) is 17.2 Å². The average molecular weight is 722 g/mol. The maximum atomic E-state index is 14.7. The average Bonchev–Trinajstić information content (AvgIpc) is 3.68. The molecule has 2 N–H and O–H groups in total. The van der Waals surface area contributed by atoms with Gasteiger partial charge in [-0.25, -0.2) is 19.3 Å². The van der Waals surface area contributed by atoms with Crippen LogP contribution in [0.1, 0.15) is 65.1 Å². The Hall–Kier alpha value is -5.94. The second kappa shape index (κ2) is 12.7. The number of carbonyl (C=O) groups is 2. The van der Waals surface area contributed by atoms with Gasteiger partial charge in [-0.3, -0.25) is 14.4 Å². The maximum absolute atomic E-state index is 14.7. The molecule has 1 saturated heterocycles. The number of halogens is 4. The highest BCUT2D eigenvalue weighted by molar-refractivity contribution is 5.95. The molecule has 5 aromatic rings. The summed E-state index contributed by atoms with van der Waals surface area (Å²) in [5.41, 5.74) is -1.34. The molecule has 1 aliphatic carbocycles. The van der Waals surface area contributed by atoms with Crippen molar-refractivity contribution in [3.63, 3.8) is 0 Å². The molecular weight excluding hydrogens is 690 g/mol. The molecule has 4 aromatic heterocycles. The number of aromatic hydroxyl groups is 1. The number of carbonyl (C=O) groups excluding carboxylic acids is 2. The van der Waals surface area contributed by atoms with Crippen LogP contribution in [0.2, 0.25) is 0 Å². The van der Waals surface area contributed by atoms with Crippen molar-refractivity contribution in [2.24, 2.45) is 0 Å². The Labute approximate surface area is 292 Å². The molecule has 52 heavy (non-hydrogen) atoms. The lowest BCUT2D eigenvalue weighted by Gasteiger charge is -2.39. The first-order chi connectivity index (χ1) is 24.7. The van der Waals surface area contributed by atoms with Crippen LogP contribution >= 0.6 is 0 Å². The number of methoxy groups -OCH3 is 1. The highest BCUT2D eigenvalue weighted by Crippen LogP contribution is 2.50. The van der Waals surface area contributed by atoms with Gasteiger partial charge in [0.05, 0.1) is 24.1 Å². The van der Waals surface area contributed by atoms with E-state index in [0.717, 1.165) is 10.6 Å². The molecule has 1 spiro atoms. The van der Waals surface area contributed by atoms with Crippen LogP contribution in [0.15, 0.2) is 47.7 Å². The summed E-state index contributed by atoms with van der Waals surface area (Å²) in [7, 11) is 1.46. The molecule has 7 rings (SSSR count). The molecular formula is C34H31F4N9O5. The normalized spacial score (nSPS) is 16.7. The van der Waals surface area contributed by atoms with Crippen LogP contribution in [-0.2, 0) is 22.9 Å². The number of fused-ring (bicyclic) bond motifs is 3. The third-order valence-corrected chi connectivity index (χ3v) is 9.77. The van der Waals surface area contributed by atoms with E-state index in [0.29, 0.717) is 54.1 Å². The Morgan fingerprint density at radius 1 is 1.12 bits per heavy atom. The molecule has 1 aromatic carbocycles. The van der Waals surface area contributed by atoms with Crippen LogP contribution in [0.3, 0.4) is 0 Å². The zero-order valence-electron chi connectivity index (χ0n) is 28.0. The number of anilines is 1. The fourth-order valence-electron chi connectivity index (χ4n) is 7.27. The van der Waals surface area contributed by atoms with Crippen molar-refractivity contribution >= 4 is 23.3 Å². The van der Waals surface area contributed by atoms with Gasteiger partial charge in [0.2, 0.25) is 17.6 Å². The summed E-state index contributed by atoms with van der Waals surface area (Å²) in [5, 5.41) is 17.3. The van der Waals surface area contributed by atoms with Crippen molar-refractivity contribution < 1.29 is 37.0 Å². The van der Waals surface area contributed by atoms with E-state index in [4.69, 9.17) is 4.74 Å². The van der Waals surface area contributed by atoms with E-state index < -0.39 is 52.6 Å². The van der Waals surface area contributed by atoms with Crippen LogP contribution in [-0.4, -0.2) is 76.1 Å². The molecule has 1 aliphatic heterocycles. The largest absolute Gasteiger partial charge is 0.504 e. The number of benzene rings is 1. The van der Waals surface area contributed by atoms with E-state index in [-0.39, 0.29) is 47.7 Å². The van der Waals surface area contributed by atoms with E-state index in [1.54, 1.807) is 24.0 Å². The predicted octanol–water partition coefficient (Wildman–Crippen LogP) is 4.24. The molecule has 270 valence electrons. The number of nitrogens with one attached hydrogen (secondary N) is 1. The number of hydrogen-bond acceptors (Lipinski definition) is 10. The first-order valence-corrected chi connectivity index (χ1v) is 16.2. The van der Waals surface area contributed by atoms with Crippen molar-refractivity contribution in [2.75, 3.05) is 25.5 Å². The van der Waals surface area contributed by atoms with Crippen molar-refractivity contribution in [3.05, 3.63) is 87.2 Å². The van der Waals surface area contributed by atoms with Gasteiger partial charge in [-0.15, -0.1) is 5.10 Å². The summed E-state index contributed by atoms with van der Waals surface area (Å²) in [6.07, 6.45) is -0.877. The van der Waals surface area contributed by atoms with Crippen molar-refractivity contribution in [1.29, 1.82) is 0 Å². The summed E-state index contributed by atoms with van der Waals surface area (Å²) in [6, 6.07) is 5.04. The molecule has 0 bridgehead atoms. The standard InChI is InChI=1S/C34H31F4N9O5/c1-17-13-33(8-10-45(11-9-33)31(51)26-28(49)18(2)40-16-41-26)25-27(17)46(15-23(48)42-22-6-5-20(12-21(22)35)34(36,37)38)32-43-29(44-47(32)30(25)50)19-4-7-24(52-3)39-14-19/h4-7,12,14,16-17,49H,8-11,13,15H2,1-3H3,(H,42,48). The Balaban J connectivity index is 1.28. The van der Waals surface area contributed by atoms with Gasteiger partial charge in [0, 0.05) is 47.6 Å². The summed E-state index contributed by atoms with van der Waals surface area (Å²) in [6.45, 7) is 3.44. The second-order valence-electron chi connectivity index (χ2n) is 13.0. The number of aryl methyl sites for hydroxylation is 1. The third-order valence-electron chi connectivity index (χ3n) is 9.77. The summed E-state index contributed by atoms with van der Waals surface area (Å²) in [4.78, 5) is 59.6.